The summed E-state index contributed by atoms with van der Waals surface area (Å²) in [6.07, 6.45) is 2.07. The van der Waals surface area contributed by atoms with Crippen molar-refractivity contribution < 1.29 is 13.9 Å². The summed E-state index contributed by atoms with van der Waals surface area (Å²) < 4.78 is 12.0. The molecule has 2 aromatic carbocycles. The van der Waals surface area contributed by atoms with Crippen LogP contribution in [0.3, 0.4) is 0 Å². The Balaban J connectivity index is 1.42. The lowest BCUT2D eigenvalue weighted by molar-refractivity contribution is -0.121. The number of fused-ring (bicyclic) bond motifs is 3. The van der Waals surface area contributed by atoms with Gasteiger partial charge in [0.15, 0.2) is 0 Å². The summed E-state index contributed by atoms with van der Waals surface area (Å²) in [4.78, 5) is 29.1. The van der Waals surface area contributed by atoms with Crippen LogP contribution in [0.15, 0.2) is 64.1 Å². The van der Waals surface area contributed by atoms with E-state index < -0.39 is 0 Å². The SMILES string of the molecule is COc1ccc(CCNC(=O)Cn2cnc3c(oc4ccccc43)c2=O)cc1. The van der Waals surface area contributed by atoms with E-state index in [0.29, 0.717) is 24.1 Å². The van der Waals surface area contributed by atoms with Crippen molar-refractivity contribution in [1.29, 1.82) is 0 Å². The Morgan fingerprint density at radius 2 is 1.96 bits per heavy atom. The molecule has 0 radical (unpaired) electrons. The van der Waals surface area contributed by atoms with Crippen molar-refractivity contribution in [3.05, 3.63) is 70.8 Å². The number of para-hydroxylation sites is 1. The van der Waals surface area contributed by atoms with Crippen molar-refractivity contribution in [2.45, 2.75) is 13.0 Å². The first-order chi connectivity index (χ1) is 13.7. The van der Waals surface area contributed by atoms with Crippen LogP contribution in [0.5, 0.6) is 5.75 Å². The second kappa shape index (κ2) is 7.56. The molecular formula is C21H19N3O4. The van der Waals surface area contributed by atoms with Crippen molar-refractivity contribution in [2.75, 3.05) is 13.7 Å². The van der Waals surface area contributed by atoms with E-state index in [1.165, 1.54) is 10.9 Å². The maximum atomic E-state index is 12.6. The number of furan rings is 1. The van der Waals surface area contributed by atoms with Gasteiger partial charge >= 0.3 is 0 Å². The van der Waals surface area contributed by atoms with Gasteiger partial charge in [-0.15, -0.1) is 0 Å². The molecule has 0 saturated carbocycles. The third kappa shape index (κ3) is 3.46. The summed E-state index contributed by atoms with van der Waals surface area (Å²) in [6, 6.07) is 15.0. The zero-order chi connectivity index (χ0) is 19.5. The largest absolute Gasteiger partial charge is 0.497 e. The summed E-state index contributed by atoms with van der Waals surface area (Å²) in [7, 11) is 1.62. The molecule has 1 N–H and O–H groups in total. The van der Waals surface area contributed by atoms with Gasteiger partial charge in [0.05, 0.1) is 13.4 Å². The average molecular weight is 377 g/mol. The zero-order valence-corrected chi connectivity index (χ0v) is 15.3. The third-order valence-electron chi connectivity index (χ3n) is 4.56. The Kier molecular flexibility index (Phi) is 4.80. The van der Waals surface area contributed by atoms with E-state index in [1.807, 2.05) is 42.5 Å². The molecule has 0 aliphatic heterocycles. The number of amides is 1. The van der Waals surface area contributed by atoms with Crippen LogP contribution in [0, 0.1) is 0 Å². The van der Waals surface area contributed by atoms with Gasteiger partial charge in [-0.3, -0.25) is 14.2 Å². The van der Waals surface area contributed by atoms with Gasteiger partial charge in [0.25, 0.3) is 5.56 Å². The number of nitrogens with zero attached hydrogens (tertiary/aromatic N) is 2. The van der Waals surface area contributed by atoms with Crippen LogP contribution in [-0.2, 0) is 17.8 Å². The van der Waals surface area contributed by atoms with Crippen LogP contribution in [0.2, 0.25) is 0 Å². The highest BCUT2D eigenvalue weighted by molar-refractivity contribution is 6.01. The molecule has 0 bridgehead atoms. The van der Waals surface area contributed by atoms with Crippen molar-refractivity contribution in [3.8, 4) is 5.75 Å². The van der Waals surface area contributed by atoms with Gasteiger partial charge in [0.1, 0.15) is 23.4 Å². The Bertz CT molecular complexity index is 1190. The van der Waals surface area contributed by atoms with Crippen LogP contribution >= 0.6 is 0 Å². The number of carbonyl (C=O) groups is 1. The molecule has 0 aliphatic rings. The molecule has 0 fully saturated rings. The number of carbonyl (C=O) groups excluding carboxylic acids is 1. The van der Waals surface area contributed by atoms with E-state index in [4.69, 9.17) is 9.15 Å². The van der Waals surface area contributed by atoms with Gasteiger partial charge in [-0.1, -0.05) is 24.3 Å². The fourth-order valence-corrected chi connectivity index (χ4v) is 3.08. The minimum atomic E-state index is -0.369. The van der Waals surface area contributed by atoms with E-state index in [1.54, 1.807) is 13.2 Å². The van der Waals surface area contributed by atoms with E-state index >= 15 is 0 Å². The highest BCUT2D eigenvalue weighted by Gasteiger charge is 2.14. The first kappa shape index (κ1) is 17.8. The minimum absolute atomic E-state index is 0.110. The van der Waals surface area contributed by atoms with Crippen LogP contribution in [0.4, 0.5) is 0 Å². The summed E-state index contributed by atoms with van der Waals surface area (Å²) in [5, 5.41) is 3.60. The standard InChI is InChI=1S/C21H19N3O4/c1-27-15-8-6-14(7-9-15)10-11-22-18(25)12-24-13-23-19-16-4-2-3-5-17(16)28-20(19)21(24)26/h2-9,13H,10-12H2,1H3,(H,22,25). The molecular weight excluding hydrogens is 358 g/mol. The monoisotopic (exact) mass is 377 g/mol. The second-order valence-electron chi connectivity index (χ2n) is 6.40. The van der Waals surface area contributed by atoms with Gasteiger partial charge in [-0.25, -0.2) is 4.98 Å². The molecule has 7 heteroatoms. The van der Waals surface area contributed by atoms with Gasteiger partial charge in [0.2, 0.25) is 11.5 Å². The van der Waals surface area contributed by atoms with E-state index in [-0.39, 0.29) is 23.6 Å². The number of hydrogen-bond donors (Lipinski definition) is 1. The Labute approximate surface area is 160 Å². The number of rotatable bonds is 6. The zero-order valence-electron chi connectivity index (χ0n) is 15.3. The topological polar surface area (TPSA) is 86.4 Å². The lowest BCUT2D eigenvalue weighted by Gasteiger charge is -2.07. The van der Waals surface area contributed by atoms with Crippen LogP contribution in [-0.4, -0.2) is 29.1 Å². The molecule has 1 amide bonds. The van der Waals surface area contributed by atoms with Crippen molar-refractivity contribution in [3.63, 3.8) is 0 Å². The predicted molar refractivity (Wildman–Crippen MR) is 105 cm³/mol. The molecule has 0 saturated heterocycles. The predicted octanol–water partition coefficient (Wildman–Crippen LogP) is 2.51. The summed E-state index contributed by atoms with van der Waals surface area (Å²) in [5.41, 5.74) is 1.99. The summed E-state index contributed by atoms with van der Waals surface area (Å²) >= 11 is 0. The summed E-state index contributed by atoms with van der Waals surface area (Å²) in [6.45, 7) is 0.363. The molecule has 0 unspecified atom stereocenters. The minimum Gasteiger partial charge on any atom is -0.497 e. The number of hydrogen-bond acceptors (Lipinski definition) is 5. The Morgan fingerprint density at radius 1 is 1.18 bits per heavy atom. The molecule has 4 rings (SSSR count). The lowest BCUT2D eigenvalue weighted by atomic mass is 10.1. The van der Waals surface area contributed by atoms with Crippen molar-refractivity contribution >= 4 is 28.0 Å². The number of aromatic nitrogens is 2. The van der Waals surface area contributed by atoms with Gasteiger partial charge in [-0.05, 0) is 36.2 Å². The van der Waals surface area contributed by atoms with Crippen LogP contribution in [0.1, 0.15) is 5.56 Å². The Morgan fingerprint density at radius 3 is 2.75 bits per heavy atom. The van der Waals surface area contributed by atoms with Crippen LogP contribution < -0.4 is 15.6 Å². The Hall–Kier alpha value is -3.61. The molecule has 0 atom stereocenters. The molecule has 0 spiro atoms. The van der Waals surface area contributed by atoms with E-state index in [0.717, 1.165) is 16.7 Å². The van der Waals surface area contributed by atoms with Gasteiger partial charge in [0, 0.05) is 11.9 Å². The van der Waals surface area contributed by atoms with Gasteiger partial charge < -0.3 is 14.5 Å². The molecule has 2 aromatic heterocycles. The first-order valence-electron chi connectivity index (χ1n) is 8.92. The fraction of sp³-hybridized carbons (Fsp3) is 0.190. The van der Waals surface area contributed by atoms with E-state index in [9.17, 15) is 9.59 Å². The number of nitrogens with one attached hydrogen (secondary N) is 1. The maximum Gasteiger partial charge on any atom is 0.297 e. The summed E-state index contributed by atoms with van der Waals surface area (Å²) in [5.74, 6) is 0.536. The average Bonchev–Trinajstić information content (AvgIpc) is 3.10. The molecule has 28 heavy (non-hydrogen) atoms. The number of benzene rings is 2. The van der Waals surface area contributed by atoms with E-state index in [2.05, 4.69) is 10.3 Å². The lowest BCUT2D eigenvalue weighted by Crippen LogP contribution is -2.33. The quantitative estimate of drug-likeness (QED) is 0.558. The van der Waals surface area contributed by atoms with Crippen molar-refractivity contribution in [1.82, 2.24) is 14.9 Å². The molecule has 0 aliphatic carbocycles. The molecule has 142 valence electrons. The third-order valence-corrected chi connectivity index (χ3v) is 4.56. The first-order valence-corrected chi connectivity index (χ1v) is 8.92. The molecule has 7 nitrogen and oxygen atoms in total. The molecule has 2 heterocycles. The van der Waals surface area contributed by atoms with Gasteiger partial charge in [-0.2, -0.15) is 0 Å². The fourth-order valence-electron chi connectivity index (χ4n) is 3.08. The number of methoxy groups -OCH3 is 1. The highest BCUT2D eigenvalue weighted by Crippen LogP contribution is 2.23. The highest BCUT2D eigenvalue weighted by atomic mass is 16.5. The normalized spacial score (nSPS) is 11.0. The smallest absolute Gasteiger partial charge is 0.297 e. The second-order valence-corrected chi connectivity index (χ2v) is 6.40. The maximum absolute atomic E-state index is 12.6. The molecule has 4 aromatic rings. The number of ether oxygens (including phenoxy) is 1. The van der Waals surface area contributed by atoms with Crippen LogP contribution in [0.25, 0.3) is 22.1 Å². The van der Waals surface area contributed by atoms with Crippen molar-refractivity contribution in [2.24, 2.45) is 0 Å².